The molecule has 0 radical (unpaired) electrons. The quantitative estimate of drug-likeness (QED) is 0.795. The molecule has 2 N–H and O–H groups in total. The first-order chi connectivity index (χ1) is 13.1. The lowest BCUT2D eigenvalue weighted by Gasteiger charge is -2.28. The maximum atomic E-state index is 12.5. The van der Waals surface area contributed by atoms with Crippen LogP contribution in [0, 0.1) is 17.8 Å². The zero-order valence-corrected chi connectivity index (χ0v) is 16.3. The number of benzene rings is 1. The predicted octanol–water partition coefficient (Wildman–Crippen LogP) is 3.88. The Morgan fingerprint density at radius 1 is 1.22 bits per heavy atom. The molecule has 2 aromatic rings. The third-order valence-corrected chi connectivity index (χ3v) is 6.74. The number of hydrogen-bond donors (Lipinski definition) is 2. The summed E-state index contributed by atoms with van der Waals surface area (Å²) in [5.41, 5.74) is 1.33. The fraction of sp³-hybridized carbons (Fsp3) is 0.476. The van der Waals surface area contributed by atoms with Crippen LogP contribution in [0.1, 0.15) is 48.7 Å². The van der Waals surface area contributed by atoms with Crippen LogP contribution in [0.4, 0.5) is 5.13 Å². The van der Waals surface area contributed by atoms with E-state index in [0.717, 1.165) is 17.4 Å². The summed E-state index contributed by atoms with van der Waals surface area (Å²) in [6.07, 6.45) is 5.54. The van der Waals surface area contributed by atoms with E-state index in [4.69, 9.17) is 0 Å². The number of nitrogens with one attached hydrogen (secondary N) is 2. The smallest absolute Gasteiger partial charge is 0.271 e. The van der Waals surface area contributed by atoms with Crippen molar-refractivity contribution < 1.29 is 9.59 Å². The van der Waals surface area contributed by atoms with Gasteiger partial charge in [0, 0.05) is 11.4 Å². The van der Waals surface area contributed by atoms with E-state index in [0.29, 0.717) is 23.2 Å². The molecule has 0 aliphatic heterocycles. The van der Waals surface area contributed by atoms with E-state index in [1.165, 1.54) is 37.0 Å². The molecule has 1 aromatic heterocycles. The van der Waals surface area contributed by atoms with Crippen molar-refractivity contribution in [1.82, 2.24) is 10.3 Å². The maximum Gasteiger partial charge on any atom is 0.271 e. The van der Waals surface area contributed by atoms with E-state index in [9.17, 15) is 9.59 Å². The van der Waals surface area contributed by atoms with Gasteiger partial charge in [-0.25, -0.2) is 4.98 Å². The van der Waals surface area contributed by atoms with Crippen LogP contribution in [0.5, 0.6) is 0 Å². The Balaban J connectivity index is 1.30. The van der Waals surface area contributed by atoms with Crippen LogP contribution >= 0.6 is 11.3 Å². The first-order valence-corrected chi connectivity index (χ1v) is 10.6. The molecule has 142 valence electrons. The summed E-state index contributed by atoms with van der Waals surface area (Å²) in [5.74, 6) is 1.96. The van der Waals surface area contributed by atoms with Gasteiger partial charge in [-0.05, 0) is 49.5 Å². The number of rotatable bonds is 6. The number of aromatic nitrogens is 1. The Kier molecular flexibility index (Phi) is 5.25. The summed E-state index contributed by atoms with van der Waals surface area (Å²) in [6, 6.07) is 9.74. The van der Waals surface area contributed by atoms with Crippen LogP contribution in [0.15, 0.2) is 35.7 Å². The minimum Gasteiger partial charge on any atom is -0.348 e. The van der Waals surface area contributed by atoms with Crippen LogP contribution in [-0.2, 0) is 11.2 Å². The zero-order valence-electron chi connectivity index (χ0n) is 15.5. The number of amides is 2. The summed E-state index contributed by atoms with van der Waals surface area (Å²) >= 11 is 1.28. The molecule has 2 amide bonds. The summed E-state index contributed by atoms with van der Waals surface area (Å²) < 4.78 is 0. The Labute approximate surface area is 163 Å². The monoisotopic (exact) mass is 383 g/mol. The van der Waals surface area contributed by atoms with Crippen molar-refractivity contribution in [2.24, 2.45) is 17.8 Å². The van der Waals surface area contributed by atoms with Crippen LogP contribution in [0.3, 0.4) is 0 Å². The molecule has 5 nitrogen and oxygen atoms in total. The molecule has 2 fully saturated rings. The molecule has 4 rings (SSSR count). The molecule has 2 saturated carbocycles. The molecular formula is C21H25N3O2S. The normalized spacial score (nSPS) is 24.6. The molecule has 6 heteroatoms. The van der Waals surface area contributed by atoms with E-state index >= 15 is 0 Å². The topological polar surface area (TPSA) is 71.1 Å². The van der Waals surface area contributed by atoms with E-state index in [2.05, 4.69) is 22.5 Å². The second-order valence-corrected chi connectivity index (χ2v) is 8.71. The van der Waals surface area contributed by atoms with Crippen molar-refractivity contribution in [2.75, 3.05) is 5.32 Å². The second-order valence-electron chi connectivity index (χ2n) is 7.85. The Morgan fingerprint density at radius 3 is 2.74 bits per heavy atom. The average molecular weight is 384 g/mol. The zero-order chi connectivity index (χ0) is 18.8. The van der Waals surface area contributed by atoms with Crippen LogP contribution < -0.4 is 10.6 Å². The fourth-order valence-electron chi connectivity index (χ4n) is 4.67. The second kappa shape index (κ2) is 7.80. The highest BCUT2D eigenvalue weighted by molar-refractivity contribution is 7.14. The summed E-state index contributed by atoms with van der Waals surface area (Å²) in [4.78, 5) is 29.0. The van der Waals surface area contributed by atoms with Gasteiger partial charge in [-0.1, -0.05) is 36.8 Å². The lowest BCUT2D eigenvalue weighted by molar-refractivity contribution is -0.115. The number of fused-ring (bicyclic) bond motifs is 2. The Hall–Kier alpha value is -2.21. The molecule has 1 aromatic carbocycles. The van der Waals surface area contributed by atoms with Gasteiger partial charge < -0.3 is 10.6 Å². The van der Waals surface area contributed by atoms with E-state index in [-0.39, 0.29) is 17.9 Å². The highest BCUT2D eigenvalue weighted by Gasteiger charge is 2.42. The van der Waals surface area contributed by atoms with Crippen molar-refractivity contribution in [2.45, 2.75) is 45.1 Å². The van der Waals surface area contributed by atoms with E-state index in [1.807, 2.05) is 30.3 Å². The highest BCUT2D eigenvalue weighted by Crippen LogP contribution is 2.49. The molecular weight excluding hydrogens is 358 g/mol. The molecule has 2 aliphatic carbocycles. The predicted molar refractivity (Wildman–Crippen MR) is 107 cm³/mol. The summed E-state index contributed by atoms with van der Waals surface area (Å²) in [6.45, 7) is 2.11. The lowest BCUT2D eigenvalue weighted by Crippen LogP contribution is -2.40. The number of thiazole rings is 1. The highest BCUT2D eigenvalue weighted by atomic mass is 32.1. The van der Waals surface area contributed by atoms with Gasteiger partial charge in [-0.15, -0.1) is 11.3 Å². The fourth-order valence-corrected chi connectivity index (χ4v) is 5.38. The number of anilines is 1. The first kappa shape index (κ1) is 18.2. The van der Waals surface area contributed by atoms with Gasteiger partial charge >= 0.3 is 0 Å². The maximum absolute atomic E-state index is 12.5. The first-order valence-electron chi connectivity index (χ1n) is 9.68. The molecule has 2 aliphatic rings. The van der Waals surface area contributed by atoms with Gasteiger partial charge in [-0.2, -0.15) is 0 Å². The van der Waals surface area contributed by atoms with Crippen LogP contribution in [0.25, 0.3) is 0 Å². The third-order valence-electron chi connectivity index (χ3n) is 5.98. The van der Waals surface area contributed by atoms with E-state index < -0.39 is 0 Å². The Bertz CT molecular complexity index is 820. The minimum absolute atomic E-state index is 0.127. The van der Waals surface area contributed by atoms with Crippen molar-refractivity contribution in [1.29, 1.82) is 0 Å². The molecule has 4 unspecified atom stereocenters. The van der Waals surface area contributed by atoms with Crippen molar-refractivity contribution in [3.8, 4) is 0 Å². The van der Waals surface area contributed by atoms with Gasteiger partial charge in [0.2, 0.25) is 5.91 Å². The third kappa shape index (κ3) is 4.21. The molecule has 0 spiro atoms. The van der Waals surface area contributed by atoms with Crippen molar-refractivity contribution >= 4 is 28.3 Å². The number of carbonyl (C=O) groups excluding carboxylic acids is 2. The summed E-state index contributed by atoms with van der Waals surface area (Å²) in [7, 11) is 0. The average Bonchev–Trinajstić information content (AvgIpc) is 3.39. The van der Waals surface area contributed by atoms with Crippen molar-refractivity contribution in [3.63, 3.8) is 0 Å². The molecule has 1 heterocycles. The Morgan fingerprint density at radius 2 is 2.04 bits per heavy atom. The standard InChI is InChI=1S/C21H25N3O2S/c1-13(17-10-15-7-8-16(17)9-15)22-20(26)18-12-27-21(23-18)24-19(25)11-14-5-3-2-4-6-14/h2-6,12-13,15-17H,7-11H2,1H3,(H,22,26)(H,23,24,25). The van der Waals surface area contributed by atoms with Crippen molar-refractivity contribution in [3.05, 3.63) is 47.0 Å². The van der Waals surface area contributed by atoms with Gasteiger partial charge in [-0.3, -0.25) is 9.59 Å². The van der Waals surface area contributed by atoms with Gasteiger partial charge in [0.15, 0.2) is 5.13 Å². The van der Waals surface area contributed by atoms with Gasteiger partial charge in [0.25, 0.3) is 5.91 Å². The van der Waals surface area contributed by atoms with Gasteiger partial charge in [0.05, 0.1) is 6.42 Å². The number of hydrogen-bond acceptors (Lipinski definition) is 4. The van der Waals surface area contributed by atoms with Gasteiger partial charge in [0.1, 0.15) is 5.69 Å². The largest absolute Gasteiger partial charge is 0.348 e. The van der Waals surface area contributed by atoms with E-state index in [1.54, 1.807) is 5.38 Å². The van der Waals surface area contributed by atoms with Crippen LogP contribution in [-0.4, -0.2) is 22.8 Å². The molecule has 4 atom stereocenters. The lowest BCUT2D eigenvalue weighted by atomic mass is 9.84. The number of carbonyl (C=O) groups is 2. The van der Waals surface area contributed by atoms with Crippen LogP contribution in [0.2, 0.25) is 0 Å². The SMILES string of the molecule is CC(NC(=O)c1csc(NC(=O)Cc2ccccc2)n1)C1CC2CCC1C2. The number of nitrogens with zero attached hydrogens (tertiary/aromatic N) is 1. The summed E-state index contributed by atoms with van der Waals surface area (Å²) in [5, 5.41) is 8.08. The molecule has 2 bridgehead atoms. The minimum atomic E-state index is -0.148. The molecule has 0 saturated heterocycles. The molecule has 27 heavy (non-hydrogen) atoms.